The number of likely N-dealkylation sites (tertiary alicyclic amines) is 1. The van der Waals surface area contributed by atoms with Gasteiger partial charge in [-0.2, -0.15) is 4.98 Å². The van der Waals surface area contributed by atoms with Crippen molar-refractivity contribution in [2.45, 2.75) is 31.4 Å². The molecule has 0 amide bonds. The number of hydrogen-bond donors (Lipinski definition) is 1. The van der Waals surface area contributed by atoms with Crippen molar-refractivity contribution in [1.82, 2.24) is 14.9 Å². The number of aromatic nitrogens is 2. The summed E-state index contributed by atoms with van der Waals surface area (Å²) in [6, 6.07) is 3.85. The van der Waals surface area contributed by atoms with Crippen molar-refractivity contribution in [3.8, 4) is 11.9 Å². The van der Waals surface area contributed by atoms with Gasteiger partial charge in [0.2, 0.25) is 5.88 Å². The Labute approximate surface area is 168 Å². The van der Waals surface area contributed by atoms with Gasteiger partial charge in [-0.05, 0) is 31.2 Å². The molecule has 2 fully saturated rings. The van der Waals surface area contributed by atoms with E-state index in [0.717, 1.165) is 25.5 Å². The van der Waals surface area contributed by atoms with Gasteiger partial charge in [-0.3, -0.25) is 4.90 Å². The second-order valence-corrected chi connectivity index (χ2v) is 7.89. The highest BCUT2D eigenvalue weighted by Crippen LogP contribution is 2.50. The van der Waals surface area contributed by atoms with Crippen LogP contribution >= 0.6 is 0 Å². The van der Waals surface area contributed by atoms with Crippen LogP contribution in [0.3, 0.4) is 0 Å². The van der Waals surface area contributed by atoms with E-state index < -0.39 is 17.2 Å². The standard InChI is InChI=1S/C21H25F2N3O3/c1-28-19-16(9-24-20(25-19)29-2)21(27)7-3-4-13-10-26(12-17(13)21)11-14-5-6-15(22)8-18(14)23/h5-6,8-9,13,17,27H,3-4,7,10-12H2,1-2H3/t13-,17-,21+/m0/s1. The number of methoxy groups -OCH3 is 2. The van der Waals surface area contributed by atoms with E-state index in [-0.39, 0.29) is 17.8 Å². The van der Waals surface area contributed by atoms with Gasteiger partial charge in [-0.15, -0.1) is 0 Å². The number of benzene rings is 1. The molecule has 2 heterocycles. The molecule has 1 aliphatic carbocycles. The summed E-state index contributed by atoms with van der Waals surface area (Å²) in [5, 5.41) is 11.7. The number of nitrogens with zero attached hydrogens (tertiary/aromatic N) is 3. The molecule has 29 heavy (non-hydrogen) atoms. The SMILES string of the molecule is COc1ncc([C@]2(O)CCC[C@H]3CN(Cc4ccc(F)cc4F)C[C@@H]32)c(OC)n1. The van der Waals surface area contributed by atoms with Crippen LogP contribution in [-0.2, 0) is 12.1 Å². The lowest BCUT2D eigenvalue weighted by Gasteiger charge is -2.41. The van der Waals surface area contributed by atoms with Gasteiger partial charge in [0.25, 0.3) is 0 Å². The fraction of sp³-hybridized carbons (Fsp3) is 0.524. The van der Waals surface area contributed by atoms with Crippen molar-refractivity contribution in [1.29, 1.82) is 0 Å². The average molecular weight is 405 g/mol. The Kier molecular flexibility index (Phi) is 5.40. The van der Waals surface area contributed by atoms with Crippen LogP contribution in [-0.4, -0.2) is 47.3 Å². The Balaban J connectivity index is 1.59. The summed E-state index contributed by atoms with van der Waals surface area (Å²) in [7, 11) is 2.98. The van der Waals surface area contributed by atoms with Gasteiger partial charge in [0.1, 0.15) is 17.2 Å². The molecule has 1 aromatic carbocycles. The van der Waals surface area contributed by atoms with Crippen molar-refractivity contribution >= 4 is 0 Å². The summed E-state index contributed by atoms with van der Waals surface area (Å²) in [6.07, 6.45) is 4.02. The van der Waals surface area contributed by atoms with Gasteiger partial charge in [0, 0.05) is 43.4 Å². The summed E-state index contributed by atoms with van der Waals surface area (Å²) in [5.74, 6) is -0.597. The molecule has 2 aromatic rings. The lowest BCUT2D eigenvalue weighted by Crippen LogP contribution is -2.43. The second-order valence-electron chi connectivity index (χ2n) is 7.89. The van der Waals surface area contributed by atoms with Crippen LogP contribution in [0.5, 0.6) is 11.9 Å². The predicted octanol–water partition coefficient (Wildman–Crippen LogP) is 2.89. The quantitative estimate of drug-likeness (QED) is 0.825. The minimum Gasteiger partial charge on any atom is -0.481 e. The van der Waals surface area contributed by atoms with Crippen LogP contribution in [0.15, 0.2) is 24.4 Å². The summed E-state index contributed by atoms with van der Waals surface area (Å²) in [4.78, 5) is 10.5. The first-order valence-corrected chi connectivity index (χ1v) is 9.78. The third kappa shape index (κ3) is 3.67. The Morgan fingerprint density at radius 1 is 1.24 bits per heavy atom. The molecule has 0 radical (unpaired) electrons. The fourth-order valence-corrected chi connectivity index (χ4v) is 4.87. The van der Waals surface area contributed by atoms with E-state index in [0.29, 0.717) is 36.5 Å². The molecule has 2 aliphatic rings. The van der Waals surface area contributed by atoms with Crippen molar-refractivity contribution in [2.24, 2.45) is 11.8 Å². The molecule has 156 valence electrons. The summed E-state index contributed by atoms with van der Waals surface area (Å²) < 4.78 is 37.8. The minimum absolute atomic E-state index is 0.0503. The van der Waals surface area contributed by atoms with Crippen molar-refractivity contribution in [3.63, 3.8) is 0 Å². The largest absolute Gasteiger partial charge is 0.481 e. The van der Waals surface area contributed by atoms with E-state index in [9.17, 15) is 13.9 Å². The summed E-state index contributed by atoms with van der Waals surface area (Å²) >= 11 is 0. The normalized spacial score (nSPS) is 26.9. The second kappa shape index (κ2) is 7.84. The number of aliphatic hydroxyl groups is 1. The van der Waals surface area contributed by atoms with Crippen molar-refractivity contribution < 1.29 is 23.4 Å². The molecule has 4 rings (SSSR count). The molecule has 1 saturated carbocycles. The molecule has 3 atom stereocenters. The molecule has 6 nitrogen and oxygen atoms in total. The van der Waals surface area contributed by atoms with Gasteiger partial charge in [0.15, 0.2) is 0 Å². The van der Waals surface area contributed by atoms with Gasteiger partial charge in [-0.1, -0.05) is 6.07 Å². The van der Waals surface area contributed by atoms with Gasteiger partial charge >= 0.3 is 6.01 Å². The van der Waals surface area contributed by atoms with E-state index >= 15 is 0 Å². The van der Waals surface area contributed by atoms with Crippen LogP contribution in [0.1, 0.15) is 30.4 Å². The molecule has 1 saturated heterocycles. The van der Waals surface area contributed by atoms with Gasteiger partial charge < -0.3 is 14.6 Å². The smallest absolute Gasteiger partial charge is 0.319 e. The van der Waals surface area contributed by atoms with Crippen molar-refractivity contribution in [2.75, 3.05) is 27.3 Å². The Morgan fingerprint density at radius 2 is 2.07 bits per heavy atom. The van der Waals surface area contributed by atoms with Crippen LogP contribution in [0.25, 0.3) is 0 Å². The highest BCUT2D eigenvalue weighted by Gasteiger charge is 2.51. The molecule has 1 aromatic heterocycles. The third-order valence-electron chi connectivity index (χ3n) is 6.25. The van der Waals surface area contributed by atoms with E-state index in [1.54, 1.807) is 6.20 Å². The zero-order chi connectivity index (χ0) is 20.6. The van der Waals surface area contributed by atoms with Crippen LogP contribution in [0, 0.1) is 23.5 Å². The number of rotatable bonds is 5. The molecule has 8 heteroatoms. The van der Waals surface area contributed by atoms with Gasteiger partial charge in [0.05, 0.1) is 19.8 Å². The van der Waals surface area contributed by atoms with E-state index in [2.05, 4.69) is 14.9 Å². The van der Waals surface area contributed by atoms with Crippen LogP contribution in [0.4, 0.5) is 8.78 Å². The third-order valence-corrected chi connectivity index (χ3v) is 6.25. The zero-order valence-corrected chi connectivity index (χ0v) is 16.6. The molecular formula is C21H25F2N3O3. The summed E-state index contributed by atoms with van der Waals surface area (Å²) in [6.45, 7) is 1.74. The first-order chi connectivity index (χ1) is 13.9. The van der Waals surface area contributed by atoms with E-state index in [4.69, 9.17) is 9.47 Å². The lowest BCUT2D eigenvalue weighted by molar-refractivity contribution is -0.0669. The lowest BCUT2D eigenvalue weighted by atomic mass is 9.68. The number of fused-ring (bicyclic) bond motifs is 1. The predicted molar refractivity (Wildman–Crippen MR) is 101 cm³/mol. The monoisotopic (exact) mass is 405 g/mol. The Bertz CT molecular complexity index is 897. The first kappa shape index (κ1) is 20.0. The highest BCUT2D eigenvalue weighted by molar-refractivity contribution is 5.33. The maximum atomic E-state index is 14.1. The van der Waals surface area contributed by atoms with E-state index in [1.165, 1.54) is 26.4 Å². The van der Waals surface area contributed by atoms with Crippen molar-refractivity contribution in [3.05, 3.63) is 47.2 Å². The fourth-order valence-electron chi connectivity index (χ4n) is 4.87. The molecule has 0 spiro atoms. The van der Waals surface area contributed by atoms with Gasteiger partial charge in [-0.25, -0.2) is 13.8 Å². The maximum Gasteiger partial charge on any atom is 0.319 e. The number of halogens is 2. The molecule has 1 aliphatic heterocycles. The molecule has 0 bridgehead atoms. The maximum absolute atomic E-state index is 14.1. The minimum atomic E-state index is -1.13. The molecular weight excluding hydrogens is 380 g/mol. The zero-order valence-electron chi connectivity index (χ0n) is 16.6. The Hall–Kier alpha value is -2.32. The van der Waals surface area contributed by atoms with Crippen LogP contribution in [0.2, 0.25) is 0 Å². The Morgan fingerprint density at radius 3 is 2.79 bits per heavy atom. The summed E-state index contributed by atoms with van der Waals surface area (Å²) in [5.41, 5.74) is -0.111. The molecule has 1 N–H and O–H groups in total. The number of ether oxygens (including phenoxy) is 2. The topological polar surface area (TPSA) is 67.7 Å². The highest BCUT2D eigenvalue weighted by atomic mass is 19.1. The molecule has 0 unspecified atom stereocenters. The number of hydrogen-bond acceptors (Lipinski definition) is 6. The average Bonchev–Trinajstić information content (AvgIpc) is 3.14. The van der Waals surface area contributed by atoms with Crippen LogP contribution < -0.4 is 9.47 Å². The van der Waals surface area contributed by atoms with E-state index in [1.807, 2.05) is 0 Å². The first-order valence-electron chi connectivity index (χ1n) is 9.78.